The van der Waals surface area contributed by atoms with Crippen molar-refractivity contribution in [1.29, 1.82) is 0 Å². The Balaban J connectivity index is 1.58. The van der Waals surface area contributed by atoms with Crippen molar-refractivity contribution in [2.24, 2.45) is 0 Å². The van der Waals surface area contributed by atoms with E-state index in [0.717, 1.165) is 45.7 Å². The van der Waals surface area contributed by atoms with Gasteiger partial charge in [-0.15, -0.1) is 5.10 Å². The highest BCUT2D eigenvalue weighted by Crippen LogP contribution is 2.27. The minimum absolute atomic E-state index is 0.0288. The second-order valence-corrected chi connectivity index (χ2v) is 7.29. The Labute approximate surface area is 165 Å². The summed E-state index contributed by atoms with van der Waals surface area (Å²) in [5.74, 6) is 0.843. The highest BCUT2D eigenvalue weighted by Gasteiger charge is 2.20. The molecule has 1 unspecified atom stereocenters. The van der Waals surface area contributed by atoms with E-state index in [-0.39, 0.29) is 6.23 Å². The van der Waals surface area contributed by atoms with E-state index < -0.39 is 0 Å². The molecular weight excluding hydrogens is 445 g/mol. The Morgan fingerprint density at radius 1 is 1.27 bits per heavy atom. The zero-order valence-electron chi connectivity index (χ0n) is 14.5. The first-order valence-electron chi connectivity index (χ1n) is 8.62. The molecule has 0 aliphatic carbocycles. The summed E-state index contributed by atoms with van der Waals surface area (Å²) in [6, 6.07) is 7.98. The third kappa shape index (κ3) is 3.61. The molecule has 0 bridgehead atoms. The standard InChI is InChI=1S/C18H20IN5O2/c1-25-15-7-5-13(6-8-15)11-24-17(18(19)21-22-24)14-10-20-23(12-14)16-4-2-3-9-26-16/h5-8,10,12,16H,2-4,9,11H2,1H3. The van der Waals surface area contributed by atoms with Crippen molar-refractivity contribution < 1.29 is 9.47 Å². The summed E-state index contributed by atoms with van der Waals surface area (Å²) >= 11 is 2.22. The molecule has 2 aromatic heterocycles. The third-order valence-electron chi connectivity index (χ3n) is 4.51. The third-order valence-corrected chi connectivity index (χ3v) is 5.24. The Hall–Kier alpha value is -1.94. The Morgan fingerprint density at radius 3 is 2.85 bits per heavy atom. The van der Waals surface area contributed by atoms with Crippen LogP contribution in [0.1, 0.15) is 31.1 Å². The van der Waals surface area contributed by atoms with E-state index in [1.807, 2.05) is 46.0 Å². The average Bonchev–Trinajstić information content (AvgIpc) is 3.30. The molecule has 1 atom stereocenters. The van der Waals surface area contributed by atoms with E-state index in [0.29, 0.717) is 6.54 Å². The van der Waals surface area contributed by atoms with Gasteiger partial charge in [0, 0.05) is 18.4 Å². The number of hydrogen-bond acceptors (Lipinski definition) is 5. The van der Waals surface area contributed by atoms with Gasteiger partial charge in [0.1, 0.15) is 17.7 Å². The molecule has 1 saturated heterocycles. The molecule has 0 saturated carbocycles. The maximum atomic E-state index is 5.82. The first kappa shape index (κ1) is 17.5. The summed E-state index contributed by atoms with van der Waals surface area (Å²) in [5, 5.41) is 13.1. The summed E-state index contributed by atoms with van der Waals surface area (Å²) in [5.41, 5.74) is 3.11. The van der Waals surface area contributed by atoms with Gasteiger partial charge in [0.25, 0.3) is 0 Å². The number of aromatic nitrogens is 5. The topological polar surface area (TPSA) is 67.0 Å². The molecule has 0 N–H and O–H groups in total. The van der Waals surface area contributed by atoms with Crippen LogP contribution >= 0.6 is 22.6 Å². The second-order valence-electron chi connectivity index (χ2n) is 6.26. The van der Waals surface area contributed by atoms with E-state index in [2.05, 4.69) is 38.0 Å². The number of methoxy groups -OCH3 is 1. The smallest absolute Gasteiger partial charge is 0.151 e. The molecule has 7 nitrogen and oxygen atoms in total. The van der Waals surface area contributed by atoms with Crippen LogP contribution in [0.2, 0.25) is 0 Å². The van der Waals surface area contributed by atoms with Crippen molar-refractivity contribution in [3.8, 4) is 17.0 Å². The number of rotatable bonds is 5. The van der Waals surface area contributed by atoms with Gasteiger partial charge in [-0.25, -0.2) is 9.36 Å². The molecule has 0 radical (unpaired) electrons. The highest BCUT2D eigenvalue weighted by atomic mass is 127. The lowest BCUT2D eigenvalue weighted by molar-refractivity contribution is -0.0394. The second kappa shape index (κ2) is 7.75. The fourth-order valence-electron chi connectivity index (χ4n) is 3.12. The van der Waals surface area contributed by atoms with Crippen molar-refractivity contribution in [3.63, 3.8) is 0 Å². The Kier molecular flexibility index (Phi) is 5.21. The van der Waals surface area contributed by atoms with Crippen LogP contribution in [0.5, 0.6) is 5.75 Å². The quantitative estimate of drug-likeness (QED) is 0.540. The van der Waals surface area contributed by atoms with E-state index >= 15 is 0 Å². The van der Waals surface area contributed by atoms with E-state index in [9.17, 15) is 0 Å². The largest absolute Gasteiger partial charge is 0.497 e. The zero-order chi connectivity index (χ0) is 17.9. The molecule has 8 heteroatoms. The highest BCUT2D eigenvalue weighted by molar-refractivity contribution is 14.1. The predicted octanol–water partition coefficient (Wildman–Crippen LogP) is 3.50. The Morgan fingerprint density at radius 2 is 2.12 bits per heavy atom. The van der Waals surface area contributed by atoms with E-state index in [4.69, 9.17) is 9.47 Å². The summed E-state index contributed by atoms with van der Waals surface area (Å²) < 4.78 is 15.7. The zero-order valence-corrected chi connectivity index (χ0v) is 16.7. The molecule has 1 aromatic carbocycles. The van der Waals surface area contributed by atoms with Crippen LogP contribution in [0.3, 0.4) is 0 Å². The monoisotopic (exact) mass is 465 g/mol. The van der Waals surface area contributed by atoms with Crippen LogP contribution in [0.15, 0.2) is 36.7 Å². The van der Waals surface area contributed by atoms with Crippen LogP contribution < -0.4 is 4.74 Å². The Bertz CT molecular complexity index is 868. The predicted molar refractivity (Wildman–Crippen MR) is 105 cm³/mol. The van der Waals surface area contributed by atoms with Crippen molar-refractivity contribution in [1.82, 2.24) is 24.8 Å². The van der Waals surface area contributed by atoms with Gasteiger partial charge in [0.2, 0.25) is 0 Å². The lowest BCUT2D eigenvalue weighted by Crippen LogP contribution is -2.18. The van der Waals surface area contributed by atoms with Crippen LogP contribution in [0, 0.1) is 3.70 Å². The minimum atomic E-state index is 0.0288. The first-order valence-corrected chi connectivity index (χ1v) is 9.70. The molecule has 0 amide bonds. The van der Waals surface area contributed by atoms with Gasteiger partial charge < -0.3 is 9.47 Å². The number of benzene rings is 1. The normalized spacial score (nSPS) is 17.4. The van der Waals surface area contributed by atoms with E-state index in [1.54, 1.807) is 7.11 Å². The van der Waals surface area contributed by atoms with Crippen LogP contribution in [0.4, 0.5) is 0 Å². The average molecular weight is 465 g/mol. The summed E-state index contributed by atoms with van der Waals surface area (Å²) in [6.07, 6.45) is 7.22. The van der Waals surface area contributed by atoms with Gasteiger partial charge in [-0.3, -0.25) is 0 Å². The van der Waals surface area contributed by atoms with Gasteiger partial charge in [0.05, 0.1) is 19.9 Å². The molecule has 26 heavy (non-hydrogen) atoms. The fraction of sp³-hybridized carbons (Fsp3) is 0.389. The summed E-state index contributed by atoms with van der Waals surface area (Å²) in [7, 11) is 1.67. The lowest BCUT2D eigenvalue weighted by atomic mass is 10.2. The molecule has 0 spiro atoms. The van der Waals surface area contributed by atoms with Crippen molar-refractivity contribution in [2.45, 2.75) is 32.0 Å². The SMILES string of the molecule is COc1ccc(Cn2nnc(I)c2-c2cnn(C3CCCCO3)c2)cc1. The van der Waals surface area contributed by atoms with Gasteiger partial charge >= 0.3 is 0 Å². The van der Waals surface area contributed by atoms with E-state index in [1.165, 1.54) is 6.42 Å². The molecule has 1 aliphatic rings. The summed E-state index contributed by atoms with van der Waals surface area (Å²) in [4.78, 5) is 0. The number of nitrogens with zero attached hydrogens (tertiary/aromatic N) is 5. The van der Waals surface area contributed by atoms with Gasteiger partial charge in [0.15, 0.2) is 3.70 Å². The van der Waals surface area contributed by atoms with Crippen molar-refractivity contribution >= 4 is 22.6 Å². The number of hydrogen-bond donors (Lipinski definition) is 0. The van der Waals surface area contributed by atoms with Gasteiger partial charge in [-0.05, 0) is 59.5 Å². The first-order chi connectivity index (χ1) is 12.7. The molecule has 3 aromatic rings. The maximum absolute atomic E-state index is 5.82. The number of ether oxygens (including phenoxy) is 2. The van der Waals surface area contributed by atoms with Crippen LogP contribution in [-0.2, 0) is 11.3 Å². The molecule has 4 rings (SSSR count). The van der Waals surface area contributed by atoms with Gasteiger partial charge in [-0.2, -0.15) is 5.10 Å². The van der Waals surface area contributed by atoms with Crippen LogP contribution in [-0.4, -0.2) is 38.5 Å². The van der Waals surface area contributed by atoms with Crippen molar-refractivity contribution in [3.05, 3.63) is 45.9 Å². The fourth-order valence-corrected chi connectivity index (χ4v) is 3.81. The van der Waals surface area contributed by atoms with Crippen molar-refractivity contribution in [2.75, 3.05) is 13.7 Å². The maximum Gasteiger partial charge on any atom is 0.151 e. The molecular formula is C18H20IN5O2. The number of halogens is 1. The van der Waals surface area contributed by atoms with Crippen LogP contribution in [0.25, 0.3) is 11.3 Å². The summed E-state index contributed by atoms with van der Waals surface area (Å²) in [6.45, 7) is 1.44. The minimum Gasteiger partial charge on any atom is -0.497 e. The molecule has 1 aliphatic heterocycles. The molecule has 1 fully saturated rings. The molecule has 3 heterocycles. The lowest BCUT2D eigenvalue weighted by Gasteiger charge is -2.22. The molecule has 136 valence electrons. The van der Waals surface area contributed by atoms with Gasteiger partial charge in [-0.1, -0.05) is 17.3 Å².